The highest BCUT2D eigenvalue weighted by molar-refractivity contribution is 5.87. The van der Waals surface area contributed by atoms with E-state index in [9.17, 15) is 9.90 Å². The molecule has 0 atom stereocenters. The third kappa shape index (κ3) is 35.1. The van der Waals surface area contributed by atoms with Crippen LogP contribution in [0.3, 0.4) is 0 Å². The molecule has 7 nitrogen and oxygen atoms in total. The average Bonchev–Trinajstić information content (AvgIpc) is 3.35. The van der Waals surface area contributed by atoms with E-state index in [4.69, 9.17) is 14.2 Å². The van der Waals surface area contributed by atoms with E-state index in [1.54, 1.807) is 24.3 Å². The van der Waals surface area contributed by atoms with Crippen molar-refractivity contribution < 1.29 is 24.1 Å². The molecule has 0 radical (unpaired) electrons. The fourth-order valence-corrected chi connectivity index (χ4v) is 9.19. The average molecular weight is 948 g/mol. The second-order valence-electron chi connectivity index (χ2n) is 20.2. The van der Waals surface area contributed by atoms with Crippen molar-refractivity contribution in [3.8, 4) is 17.2 Å². The number of aromatic carboxylic acids is 1. The van der Waals surface area contributed by atoms with Crippen LogP contribution in [0.5, 0.6) is 17.2 Å². The zero-order valence-electron chi connectivity index (χ0n) is 44.8. The van der Waals surface area contributed by atoms with Gasteiger partial charge in [-0.05, 0) is 43.5 Å². The van der Waals surface area contributed by atoms with Gasteiger partial charge in [-0.3, -0.25) is 0 Å². The van der Waals surface area contributed by atoms with E-state index in [0.29, 0.717) is 48.4 Å². The number of carboxylic acids is 1. The summed E-state index contributed by atoms with van der Waals surface area (Å²) >= 11 is 0. The lowest BCUT2D eigenvalue weighted by atomic mass is 10.0. The molecule has 0 fully saturated rings. The van der Waals surface area contributed by atoms with Gasteiger partial charge in [0.25, 0.3) is 0 Å². The zero-order chi connectivity index (χ0) is 48.6. The smallest absolute Gasteiger partial charge is 0.335 e. The van der Waals surface area contributed by atoms with Crippen molar-refractivity contribution >= 4 is 17.3 Å². The molecule has 1 N–H and O–H groups in total. The van der Waals surface area contributed by atoms with E-state index in [2.05, 4.69) is 31.0 Å². The van der Waals surface area contributed by atoms with Gasteiger partial charge in [-0.2, -0.15) is 10.2 Å². The van der Waals surface area contributed by atoms with Crippen LogP contribution in [0, 0.1) is 0 Å². The van der Waals surface area contributed by atoms with Gasteiger partial charge in [-0.1, -0.05) is 271 Å². The third-order valence-corrected chi connectivity index (χ3v) is 13.7. The van der Waals surface area contributed by atoms with Crippen LogP contribution in [0.4, 0.5) is 11.4 Å². The number of carboxylic acid groups (broad SMARTS) is 1. The quantitative estimate of drug-likeness (QED) is 0.0527. The lowest BCUT2D eigenvalue weighted by Gasteiger charge is -2.18. The Balaban J connectivity index is 1.96. The van der Waals surface area contributed by atoms with Crippen molar-refractivity contribution in [2.75, 3.05) is 19.8 Å². The van der Waals surface area contributed by atoms with Gasteiger partial charge in [0.2, 0.25) is 5.75 Å². The summed E-state index contributed by atoms with van der Waals surface area (Å²) in [7, 11) is 0. The van der Waals surface area contributed by atoms with Crippen LogP contribution in [-0.4, -0.2) is 30.9 Å². The first kappa shape index (κ1) is 61.0. The van der Waals surface area contributed by atoms with Crippen molar-refractivity contribution in [1.29, 1.82) is 0 Å². The second-order valence-corrected chi connectivity index (χ2v) is 20.2. The van der Waals surface area contributed by atoms with Crippen molar-refractivity contribution in [3.05, 3.63) is 42.0 Å². The lowest BCUT2D eigenvalue weighted by molar-refractivity contribution is 0.0697. The van der Waals surface area contributed by atoms with Gasteiger partial charge >= 0.3 is 5.97 Å². The molecular weight excluding hydrogens is 841 g/mol. The highest BCUT2D eigenvalue weighted by Gasteiger charge is 2.17. The Morgan fingerprint density at radius 1 is 0.353 bits per heavy atom. The highest BCUT2D eigenvalue weighted by Crippen LogP contribution is 2.42. The molecule has 0 aromatic heterocycles. The number of azo groups is 1. The molecule has 0 aliphatic heterocycles. The SMILES string of the molecule is CCCCCCCCCCCCCCCCOc1cc(N=Nc2ccc(C(=O)O)cc2)cc(OCCCCCCCCCCCCCCCC)c1OCCCCCCCCCCCCCCCC. The minimum absolute atomic E-state index is 0.225. The Morgan fingerprint density at radius 3 is 0.882 bits per heavy atom. The number of hydrogen-bond acceptors (Lipinski definition) is 6. The zero-order valence-corrected chi connectivity index (χ0v) is 44.8. The molecule has 0 saturated heterocycles. The van der Waals surface area contributed by atoms with E-state index in [1.165, 1.54) is 231 Å². The summed E-state index contributed by atoms with van der Waals surface area (Å²) in [6.07, 6.45) is 55.6. The summed E-state index contributed by atoms with van der Waals surface area (Å²) in [6, 6.07) is 10.3. The van der Waals surface area contributed by atoms with E-state index < -0.39 is 5.97 Å². The van der Waals surface area contributed by atoms with Gasteiger partial charge in [0.1, 0.15) is 0 Å². The summed E-state index contributed by atoms with van der Waals surface area (Å²) in [5, 5.41) is 18.4. The first-order chi connectivity index (χ1) is 33.6. The van der Waals surface area contributed by atoms with E-state index in [0.717, 1.165) is 38.5 Å². The second kappa shape index (κ2) is 46.3. The minimum atomic E-state index is -0.959. The predicted octanol–water partition coefficient (Wildman–Crippen LogP) is 21.4. The molecule has 0 aliphatic rings. The van der Waals surface area contributed by atoms with E-state index >= 15 is 0 Å². The van der Waals surface area contributed by atoms with Crippen molar-refractivity contribution in [2.24, 2.45) is 10.2 Å². The normalized spacial score (nSPS) is 11.5. The molecule has 0 aliphatic carbocycles. The van der Waals surface area contributed by atoms with Gasteiger partial charge in [0.05, 0.1) is 36.8 Å². The molecule has 0 saturated carbocycles. The Kier molecular flexibility index (Phi) is 41.6. The number of nitrogens with zero attached hydrogens (tertiary/aromatic N) is 2. The molecule has 68 heavy (non-hydrogen) atoms. The minimum Gasteiger partial charge on any atom is -0.489 e. The lowest BCUT2D eigenvalue weighted by Crippen LogP contribution is -2.06. The van der Waals surface area contributed by atoms with Crippen LogP contribution in [0.2, 0.25) is 0 Å². The summed E-state index contributed by atoms with van der Waals surface area (Å²) < 4.78 is 19.7. The van der Waals surface area contributed by atoms with Crippen molar-refractivity contribution in [3.63, 3.8) is 0 Å². The first-order valence-electron chi connectivity index (χ1n) is 29.4. The number of rotatable bonds is 51. The molecule has 0 heterocycles. The maximum absolute atomic E-state index is 11.4. The molecule has 0 unspecified atom stereocenters. The molecule has 390 valence electrons. The Bertz CT molecular complexity index is 1390. The number of hydrogen-bond donors (Lipinski definition) is 1. The van der Waals surface area contributed by atoms with Crippen LogP contribution >= 0.6 is 0 Å². The number of ether oxygens (including phenoxy) is 3. The van der Waals surface area contributed by atoms with Gasteiger partial charge < -0.3 is 19.3 Å². The third-order valence-electron chi connectivity index (χ3n) is 13.7. The molecule has 0 bridgehead atoms. The van der Waals surface area contributed by atoms with E-state index in [-0.39, 0.29) is 5.56 Å². The first-order valence-corrected chi connectivity index (χ1v) is 29.4. The Labute approximate surface area is 419 Å². The summed E-state index contributed by atoms with van der Waals surface area (Å²) in [6.45, 7) is 8.72. The monoisotopic (exact) mass is 947 g/mol. The standard InChI is InChI=1S/C61H106N2O5/c1-4-7-10-13-16-19-22-25-28-31-34-37-40-43-50-66-58-53-57(63-62-56-48-46-55(47-49-56)61(64)65)54-59(67-51-44-41-38-35-32-29-26-23-20-17-14-11-8-5-2)60(58)68-52-45-42-39-36-33-30-27-24-21-18-15-12-9-6-3/h46-49,53-54H,4-45,50-52H2,1-3H3,(H,64,65). The fraction of sp³-hybridized carbons (Fsp3) is 0.787. The summed E-state index contributed by atoms with van der Waals surface area (Å²) in [5.74, 6) is 1.05. The predicted molar refractivity (Wildman–Crippen MR) is 291 cm³/mol. The molecule has 2 aromatic carbocycles. The van der Waals surface area contributed by atoms with Crippen LogP contribution in [0.25, 0.3) is 0 Å². The molecule has 2 rings (SSSR count). The maximum atomic E-state index is 11.4. The van der Waals surface area contributed by atoms with Gasteiger partial charge in [-0.15, -0.1) is 0 Å². The Morgan fingerprint density at radius 2 is 0.603 bits per heavy atom. The van der Waals surface area contributed by atoms with Crippen LogP contribution in [-0.2, 0) is 0 Å². The number of unbranched alkanes of at least 4 members (excludes halogenated alkanes) is 39. The molecule has 0 amide bonds. The molecule has 2 aromatic rings. The summed E-state index contributed by atoms with van der Waals surface area (Å²) in [5.41, 5.74) is 1.44. The van der Waals surface area contributed by atoms with Gasteiger partial charge in [0, 0.05) is 12.1 Å². The fourth-order valence-electron chi connectivity index (χ4n) is 9.19. The number of benzene rings is 2. The van der Waals surface area contributed by atoms with Crippen molar-refractivity contribution in [2.45, 2.75) is 290 Å². The summed E-state index contributed by atoms with van der Waals surface area (Å²) in [4.78, 5) is 11.4. The Hall–Kier alpha value is -3.09. The van der Waals surface area contributed by atoms with Crippen LogP contribution in [0.15, 0.2) is 46.6 Å². The molecule has 0 spiro atoms. The highest BCUT2D eigenvalue weighted by atomic mass is 16.5. The van der Waals surface area contributed by atoms with Crippen LogP contribution < -0.4 is 14.2 Å². The molecular formula is C61H106N2O5. The largest absolute Gasteiger partial charge is 0.489 e. The topological polar surface area (TPSA) is 89.7 Å². The van der Waals surface area contributed by atoms with Gasteiger partial charge in [0.15, 0.2) is 11.5 Å². The number of carbonyl (C=O) groups is 1. The van der Waals surface area contributed by atoms with E-state index in [1.807, 2.05) is 12.1 Å². The maximum Gasteiger partial charge on any atom is 0.335 e. The van der Waals surface area contributed by atoms with Crippen LogP contribution in [0.1, 0.15) is 301 Å². The van der Waals surface area contributed by atoms with Crippen molar-refractivity contribution in [1.82, 2.24) is 0 Å². The van der Waals surface area contributed by atoms with Gasteiger partial charge in [-0.25, -0.2) is 4.79 Å². The molecule has 7 heteroatoms.